The number of urea groups is 1. The lowest BCUT2D eigenvalue weighted by molar-refractivity contribution is 0.0519. The number of ether oxygens (including phenoxy) is 1. The molecule has 1 aromatic carbocycles. The van der Waals surface area contributed by atoms with Crippen LogP contribution in [0.5, 0.6) is 0 Å². The van der Waals surface area contributed by atoms with Crippen LogP contribution in [0.1, 0.15) is 71.9 Å². The molecule has 0 radical (unpaired) electrons. The third kappa shape index (κ3) is 5.66. The molecule has 6 nitrogen and oxygen atoms in total. The van der Waals surface area contributed by atoms with Crippen LogP contribution in [0.3, 0.4) is 0 Å². The summed E-state index contributed by atoms with van der Waals surface area (Å²) in [6.07, 6.45) is 5.34. The van der Waals surface area contributed by atoms with E-state index in [-0.39, 0.29) is 23.9 Å². The van der Waals surface area contributed by atoms with Gasteiger partial charge in [-0.3, -0.25) is 0 Å². The van der Waals surface area contributed by atoms with Crippen molar-refractivity contribution in [1.29, 1.82) is 0 Å². The van der Waals surface area contributed by atoms with E-state index in [0.29, 0.717) is 25.4 Å². The SMILES string of the molecule is CCOC(=O)c1[nH]c(C)c(CN(C(=O)NCc2ccc(F)cc2)C2CCCCC2)c1C. The zero-order valence-electron chi connectivity index (χ0n) is 18.6. The van der Waals surface area contributed by atoms with E-state index in [1.54, 1.807) is 19.1 Å². The van der Waals surface area contributed by atoms with Crippen molar-refractivity contribution < 1.29 is 18.7 Å². The van der Waals surface area contributed by atoms with E-state index in [1.807, 2.05) is 18.7 Å². The average Bonchev–Trinajstić information content (AvgIpc) is 3.05. The number of esters is 1. The minimum Gasteiger partial charge on any atom is -0.461 e. The molecule has 2 N–H and O–H groups in total. The summed E-state index contributed by atoms with van der Waals surface area (Å²) >= 11 is 0. The Bertz CT molecular complexity index is 902. The molecule has 0 aliphatic heterocycles. The van der Waals surface area contributed by atoms with Gasteiger partial charge in [0.05, 0.1) is 6.61 Å². The Morgan fingerprint density at radius 3 is 2.48 bits per heavy atom. The van der Waals surface area contributed by atoms with Crippen LogP contribution >= 0.6 is 0 Å². The van der Waals surface area contributed by atoms with Gasteiger partial charge in [0.2, 0.25) is 0 Å². The molecule has 31 heavy (non-hydrogen) atoms. The maximum absolute atomic E-state index is 13.2. The number of nitrogens with one attached hydrogen (secondary N) is 2. The zero-order valence-corrected chi connectivity index (χ0v) is 18.6. The third-order valence-electron chi connectivity index (χ3n) is 6.03. The van der Waals surface area contributed by atoms with Crippen molar-refractivity contribution in [3.8, 4) is 0 Å². The van der Waals surface area contributed by atoms with Gasteiger partial charge in [-0.05, 0) is 62.4 Å². The maximum Gasteiger partial charge on any atom is 0.355 e. The van der Waals surface area contributed by atoms with E-state index in [2.05, 4.69) is 10.3 Å². The highest BCUT2D eigenvalue weighted by molar-refractivity contribution is 5.90. The molecule has 1 aromatic heterocycles. The van der Waals surface area contributed by atoms with Gasteiger partial charge in [0.25, 0.3) is 0 Å². The van der Waals surface area contributed by atoms with Gasteiger partial charge in [0.15, 0.2) is 0 Å². The smallest absolute Gasteiger partial charge is 0.355 e. The fraction of sp³-hybridized carbons (Fsp3) is 0.500. The minimum atomic E-state index is -0.376. The van der Waals surface area contributed by atoms with Crippen LogP contribution in [0.4, 0.5) is 9.18 Å². The first-order valence-corrected chi connectivity index (χ1v) is 11.0. The zero-order chi connectivity index (χ0) is 22.4. The Morgan fingerprint density at radius 1 is 1.16 bits per heavy atom. The van der Waals surface area contributed by atoms with E-state index < -0.39 is 0 Å². The summed E-state index contributed by atoms with van der Waals surface area (Å²) in [5, 5.41) is 2.99. The summed E-state index contributed by atoms with van der Waals surface area (Å²) in [5.74, 6) is -0.672. The Hall–Kier alpha value is -2.83. The number of carbonyl (C=O) groups excluding carboxylic acids is 2. The lowest BCUT2D eigenvalue weighted by Crippen LogP contribution is -2.46. The van der Waals surface area contributed by atoms with Crippen LogP contribution < -0.4 is 5.32 Å². The summed E-state index contributed by atoms with van der Waals surface area (Å²) in [7, 11) is 0. The van der Waals surface area contributed by atoms with Crippen molar-refractivity contribution in [3.05, 3.63) is 58.2 Å². The standard InChI is InChI=1S/C24H32FN3O3/c1-4-31-23(29)22-16(2)21(17(3)27-22)15-28(20-8-6-5-7-9-20)24(30)26-14-18-10-12-19(25)13-11-18/h10-13,20,27H,4-9,14-15H2,1-3H3,(H,26,30). The minimum absolute atomic E-state index is 0.145. The van der Waals surface area contributed by atoms with Gasteiger partial charge in [-0.2, -0.15) is 0 Å². The molecule has 0 bridgehead atoms. The Morgan fingerprint density at radius 2 is 1.84 bits per heavy atom. The summed E-state index contributed by atoms with van der Waals surface area (Å²) in [5.41, 5.74) is 3.93. The molecule has 2 amide bonds. The molecule has 168 valence electrons. The second kappa shape index (κ2) is 10.5. The molecule has 0 atom stereocenters. The van der Waals surface area contributed by atoms with Crippen molar-refractivity contribution in [2.24, 2.45) is 0 Å². The highest BCUT2D eigenvalue weighted by Crippen LogP contribution is 2.27. The highest BCUT2D eigenvalue weighted by atomic mass is 19.1. The summed E-state index contributed by atoms with van der Waals surface area (Å²) < 4.78 is 18.3. The molecular formula is C24H32FN3O3. The molecule has 0 spiro atoms. The van der Waals surface area contributed by atoms with Gasteiger partial charge in [-0.15, -0.1) is 0 Å². The number of nitrogens with zero attached hydrogens (tertiary/aromatic N) is 1. The van der Waals surface area contributed by atoms with E-state index in [1.165, 1.54) is 18.6 Å². The normalized spacial score (nSPS) is 14.3. The summed E-state index contributed by atoms with van der Waals surface area (Å²) in [4.78, 5) is 30.5. The molecule has 1 heterocycles. The van der Waals surface area contributed by atoms with Crippen LogP contribution in [-0.4, -0.2) is 34.5 Å². The van der Waals surface area contributed by atoms with Crippen molar-refractivity contribution in [3.63, 3.8) is 0 Å². The van der Waals surface area contributed by atoms with Crippen LogP contribution in [0.2, 0.25) is 0 Å². The van der Waals surface area contributed by atoms with Crippen molar-refractivity contribution >= 4 is 12.0 Å². The van der Waals surface area contributed by atoms with Crippen LogP contribution in [0, 0.1) is 19.7 Å². The number of rotatable bonds is 7. The third-order valence-corrected chi connectivity index (χ3v) is 6.03. The predicted molar refractivity (Wildman–Crippen MR) is 117 cm³/mol. The Kier molecular flexibility index (Phi) is 7.71. The molecule has 0 saturated heterocycles. The molecule has 1 fully saturated rings. The quantitative estimate of drug-likeness (QED) is 0.609. The molecule has 2 aromatic rings. The van der Waals surface area contributed by atoms with Crippen LogP contribution in [0.25, 0.3) is 0 Å². The maximum atomic E-state index is 13.2. The number of hydrogen-bond donors (Lipinski definition) is 2. The fourth-order valence-corrected chi connectivity index (χ4v) is 4.24. The van der Waals surface area contributed by atoms with Crippen molar-refractivity contribution in [2.75, 3.05) is 6.61 Å². The van der Waals surface area contributed by atoms with Crippen LogP contribution in [0.15, 0.2) is 24.3 Å². The lowest BCUT2D eigenvalue weighted by Gasteiger charge is -2.34. The van der Waals surface area contributed by atoms with E-state index in [0.717, 1.165) is 48.1 Å². The monoisotopic (exact) mass is 429 g/mol. The first-order chi connectivity index (χ1) is 14.9. The first-order valence-electron chi connectivity index (χ1n) is 11.0. The average molecular weight is 430 g/mol. The summed E-state index contributed by atoms with van der Waals surface area (Å²) in [6.45, 7) is 6.65. The van der Waals surface area contributed by atoms with Crippen LogP contribution in [-0.2, 0) is 17.8 Å². The molecule has 3 rings (SSSR count). The van der Waals surface area contributed by atoms with Gasteiger partial charge < -0.3 is 19.9 Å². The second-order valence-corrected chi connectivity index (χ2v) is 8.15. The van der Waals surface area contributed by atoms with Gasteiger partial charge in [-0.25, -0.2) is 14.0 Å². The van der Waals surface area contributed by atoms with Gasteiger partial charge >= 0.3 is 12.0 Å². The van der Waals surface area contributed by atoms with E-state index in [4.69, 9.17) is 4.74 Å². The molecule has 0 unspecified atom stereocenters. The van der Waals surface area contributed by atoms with Gasteiger partial charge in [-0.1, -0.05) is 31.4 Å². The topological polar surface area (TPSA) is 74.4 Å². The van der Waals surface area contributed by atoms with Crippen molar-refractivity contribution in [2.45, 2.75) is 72.0 Å². The van der Waals surface area contributed by atoms with Gasteiger partial charge in [0.1, 0.15) is 11.5 Å². The van der Waals surface area contributed by atoms with Crippen molar-refractivity contribution in [1.82, 2.24) is 15.2 Å². The number of amides is 2. The van der Waals surface area contributed by atoms with E-state index in [9.17, 15) is 14.0 Å². The number of H-pyrrole nitrogens is 1. The molecule has 1 saturated carbocycles. The number of hydrogen-bond acceptors (Lipinski definition) is 3. The number of carbonyl (C=O) groups is 2. The fourth-order valence-electron chi connectivity index (χ4n) is 4.24. The largest absolute Gasteiger partial charge is 0.461 e. The van der Waals surface area contributed by atoms with E-state index >= 15 is 0 Å². The first kappa shape index (κ1) is 22.8. The number of aryl methyl sites for hydroxylation is 1. The van der Waals surface area contributed by atoms with Gasteiger partial charge in [0, 0.05) is 24.8 Å². The number of aromatic amines is 1. The number of aromatic nitrogens is 1. The molecule has 7 heteroatoms. The summed E-state index contributed by atoms with van der Waals surface area (Å²) in [6, 6.07) is 6.14. The number of halogens is 1. The highest BCUT2D eigenvalue weighted by Gasteiger charge is 2.28. The number of benzene rings is 1. The Labute approximate surface area is 183 Å². The molecule has 1 aliphatic rings. The Balaban J connectivity index is 1.78. The molecular weight excluding hydrogens is 397 g/mol. The molecule has 1 aliphatic carbocycles. The predicted octanol–water partition coefficient (Wildman–Crippen LogP) is 4.99. The lowest BCUT2D eigenvalue weighted by atomic mass is 9.93. The second-order valence-electron chi connectivity index (χ2n) is 8.15.